The third-order valence-electron chi connectivity index (χ3n) is 5.30. The maximum absolute atomic E-state index is 13.6. The summed E-state index contributed by atoms with van der Waals surface area (Å²) in [6, 6.07) is 7.64. The standard InChI is InChI=1S/C24H22BrClF3N9O2/c1-12-8-13(25)9-15(20(39)32-23(2,3)4)18(12)31-21(40)17-10-14(11-37-22(24(27,28)29)33-35-36-37)34-38(17)19-16(26)6-5-7-30-19/h5-10H,11H2,1-4H3,(H,31,40)(H,32,39). The molecule has 40 heavy (non-hydrogen) atoms. The van der Waals surface area contributed by atoms with Gasteiger partial charge in [0.15, 0.2) is 5.82 Å². The van der Waals surface area contributed by atoms with Gasteiger partial charge in [-0.2, -0.15) is 18.3 Å². The number of aryl methyl sites for hydroxylation is 1. The summed E-state index contributed by atoms with van der Waals surface area (Å²) in [5.74, 6) is -2.41. The van der Waals surface area contributed by atoms with E-state index < -0.39 is 35.9 Å². The lowest BCUT2D eigenvalue weighted by molar-refractivity contribution is -0.147. The number of aromatic nitrogens is 7. The Morgan fingerprint density at radius 2 is 1.85 bits per heavy atom. The van der Waals surface area contributed by atoms with Gasteiger partial charge in [-0.15, -0.1) is 5.10 Å². The normalized spacial score (nSPS) is 11.9. The number of nitrogens with zero attached hydrogens (tertiary/aromatic N) is 7. The first kappa shape index (κ1) is 29.1. The summed E-state index contributed by atoms with van der Waals surface area (Å²) < 4.78 is 42.2. The van der Waals surface area contributed by atoms with E-state index in [9.17, 15) is 22.8 Å². The molecule has 4 aromatic rings. The molecular weight excluding hydrogens is 619 g/mol. The fourth-order valence-corrected chi connectivity index (χ4v) is 4.48. The first-order chi connectivity index (χ1) is 18.6. The number of amides is 2. The molecular formula is C24H22BrClF3N9O2. The molecule has 3 aromatic heterocycles. The molecule has 4 rings (SSSR count). The number of carbonyl (C=O) groups is 2. The van der Waals surface area contributed by atoms with Crippen LogP contribution in [0.4, 0.5) is 18.9 Å². The number of carbonyl (C=O) groups excluding carboxylic acids is 2. The van der Waals surface area contributed by atoms with Crippen molar-refractivity contribution in [1.29, 1.82) is 0 Å². The molecule has 0 saturated heterocycles. The number of hydrogen-bond donors (Lipinski definition) is 2. The van der Waals surface area contributed by atoms with E-state index in [1.54, 1.807) is 25.1 Å². The second kappa shape index (κ2) is 11.0. The van der Waals surface area contributed by atoms with E-state index in [0.29, 0.717) is 14.7 Å². The molecule has 210 valence electrons. The molecule has 0 aliphatic rings. The van der Waals surface area contributed by atoms with Crippen LogP contribution in [0.3, 0.4) is 0 Å². The molecule has 0 aliphatic heterocycles. The van der Waals surface area contributed by atoms with E-state index in [2.05, 4.69) is 52.2 Å². The lowest BCUT2D eigenvalue weighted by Gasteiger charge is -2.22. The van der Waals surface area contributed by atoms with Crippen molar-refractivity contribution in [2.75, 3.05) is 5.32 Å². The minimum atomic E-state index is -4.81. The number of alkyl halides is 3. The minimum absolute atomic E-state index is 0.0166. The number of rotatable bonds is 6. The summed E-state index contributed by atoms with van der Waals surface area (Å²) in [6.45, 7) is 6.66. The van der Waals surface area contributed by atoms with E-state index in [-0.39, 0.29) is 33.5 Å². The van der Waals surface area contributed by atoms with E-state index in [4.69, 9.17) is 11.6 Å². The van der Waals surface area contributed by atoms with Crippen molar-refractivity contribution in [1.82, 2.24) is 40.3 Å². The van der Waals surface area contributed by atoms with Gasteiger partial charge in [-0.25, -0.2) is 14.3 Å². The summed E-state index contributed by atoms with van der Waals surface area (Å²) >= 11 is 9.68. The number of benzene rings is 1. The van der Waals surface area contributed by atoms with Gasteiger partial charge >= 0.3 is 6.18 Å². The predicted octanol–water partition coefficient (Wildman–Crippen LogP) is 4.83. The van der Waals surface area contributed by atoms with Crippen LogP contribution < -0.4 is 10.6 Å². The second-order valence-electron chi connectivity index (χ2n) is 9.70. The van der Waals surface area contributed by atoms with Gasteiger partial charge in [0.05, 0.1) is 28.5 Å². The van der Waals surface area contributed by atoms with Crippen molar-refractivity contribution in [2.45, 2.75) is 46.0 Å². The Balaban J connectivity index is 1.77. The number of hydrogen-bond acceptors (Lipinski definition) is 7. The number of tetrazole rings is 1. The molecule has 0 atom stereocenters. The van der Waals surface area contributed by atoms with Gasteiger partial charge in [-0.05, 0) is 74.0 Å². The highest BCUT2D eigenvalue weighted by Gasteiger charge is 2.38. The third kappa shape index (κ3) is 6.47. The van der Waals surface area contributed by atoms with Crippen molar-refractivity contribution in [3.05, 3.63) is 74.4 Å². The third-order valence-corrected chi connectivity index (χ3v) is 6.05. The smallest absolute Gasteiger partial charge is 0.347 e. The van der Waals surface area contributed by atoms with Gasteiger partial charge in [0, 0.05) is 16.2 Å². The Kier molecular flexibility index (Phi) is 7.99. The summed E-state index contributed by atoms with van der Waals surface area (Å²) in [6.07, 6.45) is -3.39. The highest BCUT2D eigenvalue weighted by atomic mass is 79.9. The molecule has 2 amide bonds. The minimum Gasteiger partial charge on any atom is -0.347 e. The molecule has 16 heteroatoms. The van der Waals surface area contributed by atoms with Crippen LogP contribution in [-0.4, -0.2) is 52.3 Å². The Morgan fingerprint density at radius 1 is 1.12 bits per heavy atom. The maximum Gasteiger partial charge on any atom is 0.453 e. The van der Waals surface area contributed by atoms with Crippen molar-refractivity contribution < 1.29 is 22.8 Å². The Labute approximate surface area is 239 Å². The molecule has 0 unspecified atom stereocenters. The molecule has 0 aliphatic carbocycles. The zero-order valence-corrected chi connectivity index (χ0v) is 23.8. The fraction of sp³-hybridized carbons (Fsp3) is 0.292. The molecule has 0 spiro atoms. The van der Waals surface area contributed by atoms with Crippen molar-refractivity contribution in [3.63, 3.8) is 0 Å². The molecule has 0 radical (unpaired) electrons. The molecule has 2 N–H and O–H groups in total. The zero-order chi connectivity index (χ0) is 29.4. The largest absolute Gasteiger partial charge is 0.453 e. The summed E-state index contributed by atoms with van der Waals surface area (Å²) in [7, 11) is 0. The first-order valence-corrected chi connectivity index (χ1v) is 12.8. The Morgan fingerprint density at radius 3 is 2.50 bits per heavy atom. The maximum atomic E-state index is 13.6. The van der Waals surface area contributed by atoms with Crippen LogP contribution in [0.15, 0.2) is 41.0 Å². The number of anilines is 1. The van der Waals surface area contributed by atoms with Crippen LogP contribution in [0, 0.1) is 6.92 Å². The number of pyridine rings is 1. The predicted molar refractivity (Wildman–Crippen MR) is 142 cm³/mol. The van der Waals surface area contributed by atoms with Gasteiger partial charge in [0.1, 0.15) is 5.69 Å². The van der Waals surface area contributed by atoms with E-state index in [1.165, 1.54) is 18.3 Å². The fourth-order valence-electron chi connectivity index (χ4n) is 3.71. The summed E-state index contributed by atoms with van der Waals surface area (Å²) in [5, 5.41) is 19.6. The zero-order valence-electron chi connectivity index (χ0n) is 21.5. The van der Waals surface area contributed by atoms with Crippen LogP contribution in [-0.2, 0) is 12.7 Å². The number of nitrogens with one attached hydrogen (secondary N) is 2. The first-order valence-electron chi connectivity index (χ1n) is 11.6. The van der Waals surface area contributed by atoms with Crippen LogP contribution in [0.1, 0.15) is 58.7 Å². The van der Waals surface area contributed by atoms with E-state index in [1.807, 2.05) is 20.8 Å². The van der Waals surface area contributed by atoms with Gasteiger partial charge < -0.3 is 10.6 Å². The van der Waals surface area contributed by atoms with E-state index in [0.717, 1.165) is 4.68 Å². The molecule has 1 aromatic carbocycles. The number of halogens is 5. The van der Waals surface area contributed by atoms with Gasteiger partial charge in [-0.1, -0.05) is 27.5 Å². The van der Waals surface area contributed by atoms with Crippen LogP contribution in [0.5, 0.6) is 0 Å². The SMILES string of the molecule is Cc1cc(Br)cc(C(=O)NC(C)(C)C)c1NC(=O)c1cc(Cn2nnnc2C(F)(F)F)nn1-c1ncccc1Cl. The molecule has 3 heterocycles. The quantitative estimate of drug-likeness (QED) is 0.309. The lowest BCUT2D eigenvalue weighted by Crippen LogP contribution is -2.41. The average molecular weight is 641 g/mol. The second-order valence-corrected chi connectivity index (χ2v) is 11.0. The van der Waals surface area contributed by atoms with Crippen LogP contribution in [0.2, 0.25) is 5.02 Å². The van der Waals surface area contributed by atoms with Crippen molar-refractivity contribution in [3.8, 4) is 5.82 Å². The van der Waals surface area contributed by atoms with Crippen molar-refractivity contribution >= 4 is 45.0 Å². The van der Waals surface area contributed by atoms with Crippen LogP contribution in [0.25, 0.3) is 5.82 Å². The molecule has 0 bridgehead atoms. The molecule has 0 fully saturated rings. The molecule has 0 saturated carbocycles. The average Bonchev–Trinajstić information content (AvgIpc) is 3.47. The van der Waals surface area contributed by atoms with Crippen LogP contribution >= 0.6 is 27.5 Å². The van der Waals surface area contributed by atoms with Gasteiger partial charge in [-0.3, -0.25) is 9.59 Å². The monoisotopic (exact) mass is 639 g/mol. The van der Waals surface area contributed by atoms with Gasteiger partial charge in [0.2, 0.25) is 0 Å². The molecule has 11 nitrogen and oxygen atoms in total. The van der Waals surface area contributed by atoms with E-state index >= 15 is 0 Å². The lowest BCUT2D eigenvalue weighted by atomic mass is 10.0. The topological polar surface area (TPSA) is 133 Å². The Bertz CT molecular complexity index is 1600. The highest BCUT2D eigenvalue weighted by molar-refractivity contribution is 9.10. The Hall–Kier alpha value is -3.85. The van der Waals surface area contributed by atoms with Crippen molar-refractivity contribution in [2.24, 2.45) is 0 Å². The summed E-state index contributed by atoms with van der Waals surface area (Å²) in [5.41, 5.74) is 0.359. The van der Waals surface area contributed by atoms with Gasteiger partial charge in [0.25, 0.3) is 17.6 Å². The summed E-state index contributed by atoms with van der Waals surface area (Å²) in [4.78, 5) is 30.9. The highest BCUT2D eigenvalue weighted by Crippen LogP contribution is 2.29.